The van der Waals surface area contributed by atoms with E-state index in [4.69, 9.17) is 19.3 Å². The molecule has 0 heterocycles. The van der Waals surface area contributed by atoms with E-state index in [1.54, 1.807) is 30.3 Å². The fraction of sp³-hybridized carbons (Fsp3) is 0.160. The van der Waals surface area contributed by atoms with Crippen molar-refractivity contribution in [2.45, 2.75) is 13.0 Å². The maximum Gasteiger partial charge on any atom is 0.344 e. The average molecular weight is 448 g/mol. The standard InChI is InChI=1S/C25H24N2O6/c1-17(25(29)30)33-22-13-8-18(14-23(22)31-2)15-26-27-24(28)16-32-21-11-9-20(10-12-21)19-6-4-3-5-7-19/h3-15,17H,16H2,1-2H3,(H,27,28)(H,29,30)/b26-15+/t17-/m0/s1. The summed E-state index contributed by atoms with van der Waals surface area (Å²) in [6.45, 7) is 1.23. The summed E-state index contributed by atoms with van der Waals surface area (Å²) in [7, 11) is 1.44. The van der Waals surface area contributed by atoms with Gasteiger partial charge in [0.05, 0.1) is 13.3 Å². The number of ether oxygens (including phenoxy) is 3. The van der Waals surface area contributed by atoms with Crippen molar-refractivity contribution in [3.05, 3.63) is 78.4 Å². The molecule has 0 aliphatic carbocycles. The number of carbonyl (C=O) groups excluding carboxylic acids is 1. The fourth-order valence-electron chi connectivity index (χ4n) is 2.84. The number of methoxy groups -OCH3 is 1. The molecule has 0 aromatic heterocycles. The highest BCUT2D eigenvalue weighted by molar-refractivity contribution is 5.83. The van der Waals surface area contributed by atoms with Crippen molar-refractivity contribution >= 4 is 18.1 Å². The summed E-state index contributed by atoms with van der Waals surface area (Å²) in [5.41, 5.74) is 5.18. The normalized spacial score (nSPS) is 11.6. The quantitative estimate of drug-likeness (QED) is 0.361. The number of carboxylic acid groups (broad SMARTS) is 1. The lowest BCUT2D eigenvalue weighted by molar-refractivity contribution is -0.144. The van der Waals surface area contributed by atoms with Gasteiger partial charge in [0.1, 0.15) is 5.75 Å². The molecule has 0 radical (unpaired) electrons. The van der Waals surface area contributed by atoms with Crippen LogP contribution >= 0.6 is 0 Å². The van der Waals surface area contributed by atoms with Crippen molar-refractivity contribution in [1.82, 2.24) is 5.43 Å². The van der Waals surface area contributed by atoms with Crippen LogP contribution in [0.4, 0.5) is 0 Å². The minimum Gasteiger partial charge on any atom is -0.493 e. The van der Waals surface area contributed by atoms with Crippen LogP contribution in [0, 0.1) is 0 Å². The molecule has 2 N–H and O–H groups in total. The molecule has 0 bridgehead atoms. The zero-order chi connectivity index (χ0) is 23.6. The summed E-state index contributed by atoms with van der Waals surface area (Å²) < 4.78 is 16.1. The minimum absolute atomic E-state index is 0.189. The molecule has 8 heteroatoms. The first-order valence-corrected chi connectivity index (χ1v) is 10.1. The highest BCUT2D eigenvalue weighted by atomic mass is 16.5. The second-order valence-corrected chi connectivity index (χ2v) is 6.98. The molecule has 0 unspecified atom stereocenters. The number of carboxylic acids is 1. The number of amides is 1. The number of carbonyl (C=O) groups is 2. The van der Waals surface area contributed by atoms with Gasteiger partial charge in [-0.15, -0.1) is 0 Å². The molecular weight excluding hydrogens is 424 g/mol. The first kappa shape index (κ1) is 23.3. The molecule has 3 aromatic rings. The number of hydrogen-bond donors (Lipinski definition) is 2. The van der Waals surface area contributed by atoms with Gasteiger partial charge in [-0.1, -0.05) is 42.5 Å². The third-order valence-electron chi connectivity index (χ3n) is 4.57. The van der Waals surface area contributed by atoms with Crippen molar-refractivity contribution in [3.8, 4) is 28.4 Å². The summed E-state index contributed by atoms with van der Waals surface area (Å²) in [5, 5.41) is 12.9. The molecular formula is C25H24N2O6. The van der Waals surface area contributed by atoms with Crippen molar-refractivity contribution in [2.75, 3.05) is 13.7 Å². The monoisotopic (exact) mass is 448 g/mol. The zero-order valence-electron chi connectivity index (χ0n) is 18.2. The van der Waals surface area contributed by atoms with Crippen LogP contribution in [0.1, 0.15) is 12.5 Å². The van der Waals surface area contributed by atoms with E-state index < -0.39 is 18.0 Å². The van der Waals surface area contributed by atoms with Crippen molar-refractivity contribution < 1.29 is 28.9 Å². The van der Waals surface area contributed by atoms with E-state index in [9.17, 15) is 9.59 Å². The van der Waals surface area contributed by atoms with Crippen LogP contribution in [-0.4, -0.2) is 43.0 Å². The Morgan fingerprint density at radius 3 is 2.36 bits per heavy atom. The first-order valence-electron chi connectivity index (χ1n) is 10.1. The van der Waals surface area contributed by atoms with E-state index in [0.717, 1.165) is 11.1 Å². The molecule has 3 rings (SSSR count). The van der Waals surface area contributed by atoms with Gasteiger partial charge in [0, 0.05) is 0 Å². The second kappa shape index (κ2) is 11.3. The van der Waals surface area contributed by atoms with Crippen molar-refractivity contribution in [3.63, 3.8) is 0 Å². The van der Waals surface area contributed by atoms with Gasteiger partial charge in [0.2, 0.25) is 0 Å². The summed E-state index contributed by atoms with van der Waals surface area (Å²) >= 11 is 0. The summed E-state index contributed by atoms with van der Waals surface area (Å²) in [4.78, 5) is 23.0. The predicted molar refractivity (Wildman–Crippen MR) is 124 cm³/mol. The molecule has 0 aliphatic rings. The van der Waals surface area contributed by atoms with Crippen LogP contribution < -0.4 is 19.6 Å². The van der Waals surface area contributed by atoms with E-state index in [0.29, 0.717) is 22.8 Å². The minimum atomic E-state index is -1.08. The molecule has 0 aliphatic heterocycles. The zero-order valence-corrected chi connectivity index (χ0v) is 18.2. The molecule has 1 amide bonds. The SMILES string of the molecule is COc1cc(/C=N/NC(=O)COc2ccc(-c3ccccc3)cc2)ccc1O[C@@H](C)C(=O)O. The van der Waals surface area contributed by atoms with E-state index in [2.05, 4.69) is 10.5 Å². The van der Waals surface area contributed by atoms with Crippen molar-refractivity contribution in [2.24, 2.45) is 5.10 Å². The van der Waals surface area contributed by atoms with Gasteiger partial charge in [0.15, 0.2) is 24.2 Å². The summed E-state index contributed by atoms with van der Waals surface area (Å²) in [5.74, 6) is -0.286. The van der Waals surface area contributed by atoms with E-state index in [-0.39, 0.29) is 6.61 Å². The predicted octanol–water partition coefficient (Wildman–Crippen LogP) is 3.74. The molecule has 0 saturated carbocycles. The lowest BCUT2D eigenvalue weighted by atomic mass is 10.1. The van der Waals surface area contributed by atoms with E-state index in [1.165, 1.54) is 20.2 Å². The smallest absolute Gasteiger partial charge is 0.344 e. The Morgan fingerprint density at radius 1 is 1.00 bits per heavy atom. The fourth-order valence-corrected chi connectivity index (χ4v) is 2.84. The van der Waals surface area contributed by atoms with Gasteiger partial charge < -0.3 is 19.3 Å². The Bertz CT molecular complexity index is 1110. The number of aliphatic carboxylic acids is 1. The van der Waals surface area contributed by atoms with Gasteiger partial charge in [0.25, 0.3) is 5.91 Å². The Morgan fingerprint density at radius 2 is 1.70 bits per heavy atom. The van der Waals surface area contributed by atoms with Crippen LogP contribution in [0.5, 0.6) is 17.2 Å². The third-order valence-corrected chi connectivity index (χ3v) is 4.57. The summed E-state index contributed by atoms with van der Waals surface area (Å²) in [6, 6.07) is 22.3. The van der Waals surface area contributed by atoms with Crippen LogP contribution in [0.15, 0.2) is 77.9 Å². The molecule has 33 heavy (non-hydrogen) atoms. The number of benzene rings is 3. The highest BCUT2D eigenvalue weighted by Gasteiger charge is 2.15. The second-order valence-electron chi connectivity index (χ2n) is 6.98. The Hall–Kier alpha value is -4.33. The van der Waals surface area contributed by atoms with Gasteiger partial charge in [-0.3, -0.25) is 4.79 Å². The molecule has 3 aromatic carbocycles. The van der Waals surface area contributed by atoms with Crippen LogP contribution in [-0.2, 0) is 9.59 Å². The summed E-state index contributed by atoms with van der Waals surface area (Å²) in [6.07, 6.45) is 0.409. The topological polar surface area (TPSA) is 106 Å². The van der Waals surface area contributed by atoms with Crippen LogP contribution in [0.2, 0.25) is 0 Å². The van der Waals surface area contributed by atoms with Gasteiger partial charge in [-0.2, -0.15) is 5.10 Å². The number of nitrogens with one attached hydrogen (secondary N) is 1. The maximum absolute atomic E-state index is 12.0. The van der Waals surface area contributed by atoms with Crippen molar-refractivity contribution in [1.29, 1.82) is 0 Å². The number of hydrogen-bond acceptors (Lipinski definition) is 6. The maximum atomic E-state index is 12.0. The number of hydrazone groups is 1. The lowest BCUT2D eigenvalue weighted by Gasteiger charge is -2.14. The largest absolute Gasteiger partial charge is 0.493 e. The van der Waals surface area contributed by atoms with Gasteiger partial charge in [-0.05, 0) is 53.9 Å². The Balaban J connectivity index is 1.50. The Kier molecular flexibility index (Phi) is 8.02. The van der Waals surface area contributed by atoms with E-state index in [1.807, 2.05) is 42.5 Å². The molecule has 0 fully saturated rings. The molecule has 170 valence electrons. The van der Waals surface area contributed by atoms with Crippen LogP contribution in [0.3, 0.4) is 0 Å². The number of rotatable bonds is 10. The van der Waals surface area contributed by atoms with Gasteiger partial charge >= 0.3 is 5.97 Å². The first-order chi connectivity index (χ1) is 16.0. The molecule has 0 saturated heterocycles. The molecule has 0 spiro atoms. The molecule has 1 atom stereocenters. The lowest BCUT2D eigenvalue weighted by Crippen LogP contribution is -2.24. The van der Waals surface area contributed by atoms with Crippen LogP contribution in [0.25, 0.3) is 11.1 Å². The highest BCUT2D eigenvalue weighted by Crippen LogP contribution is 2.28. The number of nitrogens with zero attached hydrogens (tertiary/aromatic N) is 1. The van der Waals surface area contributed by atoms with E-state index >= 15 is 0 Å². The average Bonchev–Trinajstić information content (AvgIpc) is 2.84. The molecule has 8 nitrogen and oxygen atoms in total. The third kappa shape index (κ3) is 6.83. The Labute approximate surface area is 191 Å². The van der Waals surface area contributed by atoms with Gasteiger partial charge in [-0.25, -0.2) is 10.2 Å².